The van der Waals surface area contributed by atoms with Crippen molar-refractivity contribution in [1.82, 2.24) is 5.32 Å². The number of ether oxygens (including phenoxy) is 2. The zero-order valence-corrected chi connectivity index (χ0v) is 10.7. The lowest BCUT2D eigenvalue weighted by atomic mass is 10.2. The zero-order valence-electron chi connectivity index (χ0n) is 9.89. The molecule has 0 aromatic carbocycles. The van der Waals surface area contributed by atoms with Crippen molar-refractivity contribution < 1.29 is 19.1 Å². The first-order valence-corrected chi connectivity index (χ1v) is 6.77. The molecule has 1 aliphatic rings. The van der Waals surface area contributed by atoms with Crippen LogP contribution in [-0.4, -0.2) is 37.7 Å². The highest BCUT2D eigenvalue weighted by atomic mass is 32.1. The quantitative estimate of drug-likeness (QED) is 0.816. The highest BCUT2D eigenvalue weighted by molar-refractivity contribution is 7.08. The van der Waals surface area contributed by atoms with Gasteiger partial charge in [-0.3, -0.25) is 4.79 Å². The fourth-order valence-corrected chi connectivity index (χ4v) is 2.30. The molecule has 5 nitrogen and oxygen atoms in total. The number of esters is 1. The molecule has 2 heterocycles. The second-order valence-electron chi connectivity index (χ2n) is 4.03. The molecule has 1 saturated heterocycles. The summed E-state index contributed by atoms with van der Waals surface area (Å²) >= 11 is 1.41. The van der Waals surface area contributed by atoms with Crippen LogP contribution in [0.25, 0.3) is 0 Å². The van der Waals surface area contributed by atoms with Crippen LogP contribution in [0.2, 0.25) is 0 Å². The highest BCUT2D eigenvalue weighted by Gasteiger charge is 2.16. The first kappa shape index (κ1) is 13.0. The lowest BCUT2D eigenvalue weighted by molar-refractivity contribution is -0.124. The molecular formula is C12H15NO4S. The van der Waals surface area contributed by atoms with E-state index in [1.807, 2.05) is 0 Å². The summed E-state index contributed by atoms with van der Waals surface area (Å²) in [5.41, 5.74) is 0.479. The van der Waals surface area contributed by atoms with Crippen LogP contribution in [0.3, 0.4) is 0 Å². The minimum Gasteiger partial charge on any atom is -0.452 e. The van der Waals surface area contributed by atoms with Gasteiger partial charge in [0.1, 0.15) is 0 Å². The Morgan fingerprint density at radius 3 is 3.11 bits per heavy atom. The second kappa shape index (κ2) is 6.51. The van der Waals surface area contributed by atoms with Crippen molar-refractivity contribution in [2.24, 2.45) is 0 Å². The van der Waals surface area contributed by atoms with Crippen LogP contribution in [0.15, 0.2) is 16.8 Å². The summed E-state index contributed by atoms with van der Waals surface area (Å²) in [7, 11) is 0. The molecule has 1 N–H and O–H groups in total. The van der Waals surface area contributed by atoms with Crippen LogP contribution in [0.1, 0.15) is 23.2 Å². The third-order valence-corrected chi connectivity index (χ3v) is 3.33. The van der Waals surface area contributed by atoms with Gasteiger partial charge < -0.3 is 14.8 Å². The zero-order chi connectivity index (χ0) is 12.8. The topological polar surface area (TPSA) is 64.6 Å². The van der Waals surface area contributed by atoms with Gasteiger partial charge in [0, 0.05) is 18.5 Å². The van der Waals surface area contributed by atoms with Crippen molar-refractivity contribution in [3.63, 3.8) is 0 Å². The molecule has 1 aliphatic heterocycles. The molecule has 1 atom stereocenters. The molecule has 0 unspecified atom stereocenters. The van der Waals surface area contributed by atoms with E-state index in [0.29, 0.717) is 12.1 Å². The Balaban J connectivity index is 1.63. The maximum Gasteiger partial charge on any atom is 0.339 e. The molecule has 0 spiro atoms. The lowest BCUT2D eigenvalue weighted by Gasteiger charge is -2.10. The van der Waals surface area contributed by atoms with E-state index < -0.39 is 5.97 Å². The third-order valence-electron chi connectivity index (χ3n) is 2.64. The first-order chi connectivity index (χ1) is 8.75. The summed E-state index contributed by atoms with van der Waals surface area (Å²) in [4.78, 5) is 22.9. The molecule has 0 aliphatic carbocycles. The van der Waals surface area contributed by atoms with Crippen molar-refractivity contribution in [2.45, 2.75) is 18.9 Å². The molecule has 0 saturated carbocycles. The standard InChI is InChI=1S/C12H15NO4S/c14-11(13-6-10-2-1-4-16-10)7-17-12(15)9-3-5-18-8-9/h3,5,8,10H,1-2,4,6-7H2,(H,13,14)/t10-/m1/s1. The Hall–Kier alpha value is -1.40. The lowest BCUT2D eigenvalue weighted by Crippen LogP contribution is -2.34. The summed E-state index contributed by atoms with van der Waals surface area (Å²) in [6, 6.07) is 1.66. The summed E-state index contributed by atoms with van der Waals surface area (Å²) < 4.78 is 10.2. The number of hydrogen-bond acceptors (Lipinski definition) is 5. The van der Waals surface area contributed by atoms with Gasteiger partial charge in [-0.05, 0) is 24.3 Å². The van der Waals surface area contributed by atoms with E-state index in [2.05, 4.69) is 5.32 Å². The van der Waals surface area contributed by atoms with Gasteiger partial charge in [-0.15, -0.1) is 0 Å². The van der Waals surface area contributed by atoms with Gasteiger partial charge in [-0.2, -0.15) is 11.3 Å². The molecule has 0 bridgehead atoms. The van der Waals surface area contributed by atoms with E-state index in [0.717, 1.165) is 19.4 Å². The molecule has 1 aromatic rings. The summed E-state index contributed by atoms with van der Waals surface area (Å²) in [6.07, 6.45) is 2.10. The van der Waals surface area contributed by atoms with Gasteiger partial charge in [-0.1, -0.05) is 0 Å². The van der Waals surface area contributed by atoms with E-state index in [4.69, 9.17) is 9.47 Å². The second-order valence-corrected chi connectivity index (χ2v) is 4.81. The van der Waals surface area contributed by atoms with Crippen molar-refractivity contribution >= 4 is 23.2 Å². The van der Waals surface area contributed by atoms with Crippen LogP contribution in [0, 0.1) is 0 Å². The molecule has 0 radical (unpaired) electrons. The number of carbonyl (C=O) groups excluding carboxylic acids is 2. The predicted molar refractivity (Wildman–Crippen MR) is 66.6 cm³/mol. The minimum atomic E-state index is -0.469. The van der Waals surface area contributed by atoms with Crippen molar-refractivity contribution in [1.29, 1.82) is 0 Å². The Labute approximate surface area is 109 Å². The molecule has 18 heavy (non-hydrogen) atoms. The molecule has 1 aromatic heterocycles. The summed E-state index contributed by atoms with van der Waals surface area (Å²) in [5.74, 6) is -0.766. The van der Waals surface area contributed by atoms with Crippen LogP contribution >= 0.6 is 11.3 Å². The van der Waals surface area contributed by atoms with Crippen molar-refractivity contribution in [3.05, 3.63) is 22.4 Å². The van der Waals surface area contributed by atoms with Crippen molar-refractivity contribution in [3.8, 4) is 0 Å². The highest BCUT2D eigenvalue weighted by Crippen LogP contribution is 2.10. The smallest absolute Gasteiger partial charge is 0.339 e. The predicted octanol–water partition coefficient (Wildman–Crippen LogP) is 1.20. The van der Waals surface area contributed by atoms with Crippen LogP contribution in [0.4, 0.5) is 0 Å². The molecule has 2 rings (SSSR count). The van der Waals surface area contributed by atoms with Gasteiger partial charge in [0.05, 0.1) is 11.7 Å². The number of carbonyl (C=O) groups is 2. The summed E-state index contributed by atoms with van der Waals surface area (Å²) in [5, 5.41) is 6.16. The Bertz CT molecular complexity index is 398. The molecule has 6 heteroatoms. The van der Waals surface area contributed by atoms with E-state index in [1.54, 1.807) is 16.8 Å². The van der Waals surface area contributed by atoms with Crippen molar-refractivity contribution in [2.75, 3.05) is 19.8 Å². The van der Waals surface area contributed by atoms with Gasteiger partial charge in [0.25, 0.3) is 5.91 Å². The van der Waals surface area contributed by atoms with E-state index in [9.17, 15) is 9.59 Å². The number of amides is 1. The largest absolute Gasteiger partial charge is 0.452 e. The molecule has 1 fully saturated rings. The fourth-order valence-electron chi connectivity index (χ4n) is 1.68. The summed E-state index contributed by atoms with van der Waals surface area (Å²) in [6.45, 7) is 0.990. The van der Waals surface area contributed by atoms with E-state index >= 15 is 0 Å². The molecular weight excluding hydrogens is 254 g/mol. The third kappa shape index (κ3) is 3.82. The molecule has 1 amide bonds. The minimum absolute atomic E-state index is 0.0986. The average Bonchev–Trinajstić information content (AvgIpc) is 3.05. The number of thiophene rings is 1. The van der Waals surface area contributed by atoms with Gasteiger partial charge in [0.15, 0.2) is 6.61 Å². The van der Waals surface area contributed by atoms with Crippen LogP contribution in [0.5, 0.6) is 0 Å². The maximum atomic E-state index is 11.5. The Morgan fingerprint density at radius 2 is 2.44 bits per heavy atom. The average molecular weight is 269 g/mol. The fraction of sp³-hybridized carbons (Fsp3) is 0.500. The monoisotopic (exact) mass is 269 g/mol. The van der Waals surface area contributed by atoms with Gasteiger partial charge in [0.2, 0.25) is 0 Å². The Kier molecular flexibility index (Phi) is 4.72. The number of rotatable bonds is 5. The van der Waals surface area contributed by atoms with Crippen LogP contribution in [-0.2, 0) is 14.3 Å². The maximum absolute atomic E-state index is 11.5. The molecule has 98 valence electrons. The Morgan fingerprint density at radius 1 is 1.56 bits per heavy atom. The first-order valence-electron chi connectivity index (χ1n) is 5.83. The van der Waals surface area contributed by atoms with Gasteiger partial charge in [-0.25, -0.2) is 4.79 Å². The number of nitrogens with one attached hydrogen (secondary N) is 1. The normalized spacial score (nSPS) is 18.6. The van der Waals surface area contributed by atoms with E-state index in [1.165, 1.54) is 11.3 Å². The number of hydrogen-bond donors (Lipinski definition) is 1. The van der Waals surface area contributed by atoms with E-state index in [-0.39, 0.29) is 18.6 Å². The van der Waals surface area contributed by atoms with Crippen LogP contribution < -0.4 is 5.32 Å². The van der Waals surface area contributed by atoms with Gasteiger partial charge >= 0.3 is 5.97 Å². The SMILES string of the molecule is O=C(COC(=O)c1ccsc1)NC[C@H]1CCCO1.